The molecule has 0 unspecified atom stereocenters. The lowest BCUT2D eigenvalue weighted by atomic mass is 10.1. The van der Waals surface area contributed by atoms with Crippen LogP contribution in [0.3, 0.4) is 0 Å². The van der Waals surface area contributed by atoms with Crippen LogP contribution in [-0.4, -0.2) is 21.6 Å². The molecule has 3 rings (SSSR count). The Kier molecular flexibility index (Phi) is 5.37. The fourth-order valence-electron chi connectivity index (χ4n) is 2.73. The van der Waals surface area contributed by atoms with Crippen molar-refractivity contribution in [3.05, 3.63) is 83.9 Å². The van der Waals surface area contributed by atoms with Gasteiger partial charge >= 0.3 is 0 Å². The molecule has 134 valence electrons. The molecule has 5 heteroatoms. The van der Waals surface area contributed by atoms with Gasteiger partial charge in [0, 0.05) is 19.4 Å². The summed E-state index contributed by atoms with van der Waals surface area (Å²) in [6, 6.07) is 17.1. The topological polar surface area (TPSA) is 56.1 Å². The van der Waals surface area contributed by atoms with E-state index in [1.807, 2.05) is 79.3 Å². The second kappa shape index (κ2) is 7.87. The molecule has 1 N–H and O–H groups in total. The molecule has 0 radical (unpaired) electrons. The molecule has 0 spiro atoms. The lowest BCUT2D eigenvalue weighted by Crippen LogP contribution is -2.39. The summed E-state index contributed by atoms with van der Waals surface area (Å²) in [4.78, 5) is 17.1. The van der Waals surface area contributed by atoms with E-state index in [1.165, 1.54) is 0 Å². The smallest absolute Gasteiger partial charge is 0.261 e. The number of imidazole rings is 1. The standard InChI is InChI=1S/C21H23N3O2/c1-15-9-11-18(12-10-15)26-16(2)21(25)23-19(17-7-5-4-6-8-17)20-22-13-14-24(20)3/h4-14,16,19H,1-3H3,(H,23,25)/t16-,19+/m1/s1. The second-order valence-corrected chi connectivity index (χ2v) is 6.32. The van der Waals surface area contributed by atoms with E-state index >= 15 is 0 Å². The molecule has 0 aliphatic rings. The van der Waals surface area contributed by atoms with Crippen LogP contribution in [0.25, 0.3) is 0 Å². The molecule has 0 saturated carbocycles. The highest BCUT2D eigenvalue weighted by Crippen LogP contribution is 2.21. The molecule has 2 atom stereocenters. The zero-order valence-electron chi connectivity index (χ0n) is 15.2. The van der Waals surface area contributed by atoms with E-state index in [1.54, 1.807) is 13.1 Å². The van der Waals surface area contributed by atoms with E-state index in [-0.39, 0.29) is 11.9 Å². The van der Waals surface area contributed by atoms with Crippen molar-refractivity contribution in [3.63, 3.8) is 0 Å². The van der Waals surface area contributed by atoms with Gasteiger partial charge in [0.25, 0.3) is 5.91 Å². The predicted molar refractivity (Wildman–Crippen MR) is 101 cm³/mol. The molecule has 1 heterocycles. The van der Waals surface area contributed by atoms with E-state index in [0.29, 0.717) is 5.75 Å². The molecular weight excluding hydrogens is 326 g/mol. The van der Waals surface area contributed by atoms with Crippen molar-refractivity contribution in [3.8, 4) is 5.75 Å². The maximum Gasteiger partial charge on any atom is 0.261 e. The van der Waals surface area contributed by atoms with Crippen molar-refractivity contribution in [2.24, 2.45) is 7.05 Å². The number of nitrogens with one attached hydrogen (secondary N) is 1. The molecular formula is C21H23N3O2. The number of nitrogens with zero attached hydrogens (tertiary/aromatic N) is 2. The molecule has 0 aliphatic heterocycles. The number of amides is 1. The summed E-state index contributed by atoms with van der Waals surface area (Å²) >= 11 is 0. The molecule has 1 amide bonds. The van der Waals surface area contributed by atoms with Crippen molar-refractivity contribution < 1.29 is 9.53 Å². The van der Waals surface area contributed by atoms with Crippen LogP contribution >= 0.6 is 0 Å². The second-order valence-electron chi connectivity index (χ2n) is 6.32. The summed E-state index contributed by atoms with van der Waals surface area (Å²) in [6.45, 7) is 3.76. The van der Waals surface area contributed by atoms with Gasteiger partial charge in [-0.3, -0.25) is 4.79 Å². The first kappa shape index (κ1) is 17.7. The van der Waals surface area contributed by atoms with E-state index in [2.05, 4.69) is 10.3 Å². The fraction of sp³-hybridized carbons (Fsp3) is 0.238. The zero-order chi connectivity index (χ0) is 18.5. The van der Waals surface area contributed by atoms with E-state index < -0.39 is 6.10 Å². The lowest BCUT2D eigenvalue weighted by molar-refractivity contribution is -0.127. The van der Waals surface area contributed by atoms with Crippen LogP contribution in [0, 0.1) is 6.92 Å². The summed E-state index contributed by atoms with van der Waals surface area (Å²) in [5.74, 6) is 1.25. The zero-order valence-corrected chi connectivity index (χ0v) is 15.2. The van der Waals surface area contributed by atoms with Gasteiger partial charge in [-0.2, -0.15) is 0 Å². The third kappa shape index (κ3) is 4.11. The molecule has 2 aromatic carbocycles. The van der Waals surface area contributed by atoms with Crippen LogP contribution in [0.5, 0.6) is 5.75 Å². The highest BCUT2D eigenvalue weighted by molar-refractivity contribution is 5.81. The fourth-order valence-corrected chi connectivity index (χ4v) is 2.73. The molecule has 0 aliphatic carbocycles. The van der Waals surface area contributed by atoms with Crippen molar-refractivity contribution in [1.29, 1.82) is 0 Å². The van der Waals surface area contributed by atoms with E-state index in [4.69, 9.17) is 4.74 Å². The number of hydrogen-bond donors (Lipinski definition) is 1. The van der Waals surface area contributed by atoms with Gasteiger partial charge in [0.2, 0.25) is 0 Å². The van der Waals surface area contributed by atoms with Crippen LogP contribution < -0.4 is 10.1 Å². The third-order valence-electron chi connectivity index (χ3n) is 4.24. The van der Waals surface area contributed by atoms with Gasteiger partial charge in [0.1, 0.15) is 17.6 Å². The Bertz CT molecular complexity index is 856. The Morgan fingerprint density at radius 1 is 1.12 bits per heavy atom. The average Bonchev–Trinajstić information content (AvgIpc) is 3.07. The van der Waals surface area contributed by atoms with Crippen LogP contribution in [-0.2, 0) is 11.8 Å². The number of aryl methyl sites for hydroxylation is 2. The lowest BCUT2D eigenvalue weighted by Gasteiger charge is -2.22. The van der Waals surface area contributed by atoms with E-state index in [9.17, 15) is 4.79 Å². The summed E-state index contributed by atoms with van der Waals surface area (Å²) in [5.41, 5.74) is 2.12. The van der Waals surface area contributed by atoms with Gasteiger partial charge in [-0.15, -0.1) is 0 Å². The van der Waals surface area contributed by atoms with Crippen molar-refractivity contribution in [1.82, 2.24) is 14.9 Å². The monoisotopic (exact) mass is 349 g/mol. The summed E-state index contributed by atoms with van der Waals surface area (Å²) < 4.78 is 7.68. The number of carbonyl (C=O) groups excluding carboxylic acids is 1. The minimum absolute atomic E-state index is 0.192. The van der Waals surface area contributed by atoms with Gasteiger partial charge < -0.3 is 14.6 Å². The Hall–Kier alpha value is -3.08. The average molecular weight is 349 g/mol. The van der Waals surface area contributed by atoms with Gasteiger partial charge in [0.05, 0.1) is 0 Å². The summed E-state index contributed by atoms with van der Waals surface area (Å²) in [7, 11) is 1.91. The van der Waals surface area contributed by atoms with Gasteiger partial charge in [0.15, 0.2) is 6.10 Å². The Balaban J connectivity index is 1.77. The van der Waals surface area contributed by atoms with Crippen molar-refractivity contribution in [2.75, 3.05) is 0 Å². The van der Waals surface area contributed by atoms with Crippen LogP contribution in [0.2, 0.25) is 0 Å². The molecule has 5 nitrogen and oxygen atoms in total. The maximum absolute atomic E-state index is 12.7. The molecule has 0 bridgehead atoms. The number of hydrogen-bond acceptors (Lipinski definition) is 3. The Morgan fingerprint density at radius 2 is 1.81 bits per heavy atom. The van der Waals surface area contributed by atoms with Gasteiger partial charge in [-0.25, -0.2) is 4.98 Å². The van der Waals surface area contributed by atoms with Crippen molar-refractivity contribution >= 4 is 5.91 Å². The number of aromatic nitrogens is 2. The first-order chi connectivity index (χ1) is 12.5. The number of rotatable bonds is 6. The first-order valence-electron chi connectivity index (χ1n) is 8.60. The number of ether oxygens (including phenoxy) is 1. The SMILES string of the molecule is Cc1ccc(O[C@H](C)C(=O)N[C@@H](c2ccccc2)c2nccn2C)cc1. The molecule has 0 saturated heterocycles. The van der Waals surface area contributed by atoms with Crippen molar-refractivity contribution in [2.45, 2.75) is 26.0 Å². The quantitative estimate of drug-likeness (QED) is 0.742. The maximum atomic E-state index is 12.7. The van der Waals surface area contributed by atoms with Gasteiger partial charge in [-0.1, -0.05) is 48.0 Å². The first-order valence-corrected chi connectivity index (χ1v) is 8.60. The molecule has 26 heavy (non-hydrogen) atoms. The Morgan fingerprint density at radius 3 is 2.42 bits per heavy atom. The van der Waals surface area contributed by atoms with Gasteiger partial charge in [-0.05, 0) is 31.5 Å². The molecule has 3 aromatic rings. The van der Waals surface area contributed by atoms with E-state index in [0.717, 1.165) is 17.0 Å². The highest BCUT2D eigenvalue weighted by atomic mass is 16.5. The normalized spacial score (nSPS) is 13.0. The summed E-state index contributed by atoms with van der Waals surface area (Å²) in [6.07, 6.45) is 2.97. The predicted octanol–water partition coefficient (Wildman–Crippen LogP) is 3.40. The number of carbonyl (C=O) groups is 1. The third-order valence-corrected chi connectivity index (χ3v) is 4.24. The number of benzene rings is 2. The van der Waals surface area contributed by atoms with Crippen LogP contribution in [0.15, 0.2) is 67.0 Å². The minimum Gasteiger partial charge on any atom is -0.481 e. The minimum atomic E-state index is -0.621. The van der Waals surface area contributed by atoms with Crippen LogP contribution in [0.4, 0.5) is 0 Å². The highest BCUT2D eigenvalue weighted by Gasteiger charge is 2.24. The molecule has 1 aromatic heterocycles. The molecule has 0 fully saturated rings. The largest absolute Gasteiger partial charge is 0.481 e. The Labute approximate surface area is 153 Å². The summed E-state index contributed by atoms with van der Waals surface area (Å²) in [5, 5.41) is 3.06. The van der Waals surface area contributed by atoms with Crippen LogP contribution in [0.1, 0.15) is 29.9 Å².